The highest BCUT2D eigenvalue weighted by Crippen LogP contribution is 2.29. The maximum absolute atomic E-state index is 12.9. The standard InChI is InChI=1S/C9H9F2NO/c1-9(10,11)7-5-3-2-4-6(7)8(12)13/h2-5H,1H3,(H2,12,13). The van der Waals surface area contributed by atoms with Crippen LogP contribution in [-0.2, 0) is 5.92 Å². The van der Waals surface area contributed by atoms with E-state index in [0.29, 0.717) is 0 Å². The summed E-state index contributed by atoms with van der Waals surface area (Å²) >= 11 is 0. The third kappa shape index (κ3) is 2.02. The van der Waals surface area contributed by atoms with Crippen LogP contribution in [0.3, 0.4) is 0 Å². The first-order chi connectivity index (χ1) is 5.93. The molecular formula is C9H9F2NO. The molecule has 4 heteroatoms. The molecule has 0 aliphatic heterocycles. The van der Waals surface area contributed by atoms with Crippen molar-refractivity contribution in [1.82, 2.24) is 0 Å². The van der Waals surface area contributed by atoms with Gasteiger partial charge in [-0.1, -0.05) is 18.2 Å². The highest BCUT2D eigenvalue weighted by Gasteiger charge is 2.28. The zero-order valence-corrected chi connectivity index (χ0v) is 7.05. The highest BCUT2D eigenvalue weighted by molar-refractivity contribution is 5.94. The minimum atomic E-state index is -3.04. The van der Waals surface area contributed by atoms with E-state index in [-0.39, 0.29) is 11.1 Å². The first kappa shape index (κ1) is 9.64. The molecule has 1 aromatic rings. The molecule has 13 heavy (non-hydrogen) atoms. The zero-order valence-electron chi connectivity index (χ0n) is 7.05. The molecule has 1 aromatic carbocycles. The molecule has 1 rings (SSSR count). The number of nitrogens with two attached hydrogens (primary N) is 1. The van der Waals surface area contributed by atoms with Gasteiger partial charge in [-0.2, -0.15) is 0 Å². The van der Waals surface area contributed by atoms with Crippen LogP contribution in [0.4, 0.5) is 8.78 Å². The van der Waals surface area contributed by atoms with Crippen LogP contribution in [0.25, 0.3) is 0 Å². The maximum Gasteiger partial charge on any atom is 0.271 e. The van der Waals surface area contributed by atoms with Crippen LogP contribution in [0.2, 0.25) is 0 Å². The lowest BCUT2D eigenvalue weighted by molar-refractivity contribution is 0.0164. The van der Waals surface area contributed by atoms with E-state index in [4.69, 9.17) is 5.73 Å². The lowest BCUT2D eigenvalue weighted by Gasteiger charge is -2.13. The van der Waals surface area contributed by atoms with E-state index in [1.165, 1.54) is 24.3 Å². The summed E-state index contributed by atoms with van der Waals surface area (Å²) < 4.78 is 25.7. The predicted molar refractivity (Wildman–Crippen MR) is 44.5 cm³/mol. The smallest absolute Gasteiger partial charge is 0.271 e. The quantitative estimate of drug-likeness (QED) is 0.751. The van der Waals surface area contributed by atoms with Gasteiger partial charge in [0.05, 0.1) is 0 Å². The number of primary amides is 1. The molecule has 0 aliphatic rings. The summed E-state index contributed by atoms with van der Waals surface area (Å²) in [6.45, 7) is 0.731. The number of halogens is 2. The normalized spacial score (nSPS) is 11.3. The van der Waals surface area contributed by atoms with Gasteiger partial charge in [-0.05, 0) is 6.07 Å². The van der Waals surface area contributed by atoms with Crippen LogP contribution in [0, 0.1) is 0 Å². The number of alkyl halides is 2. The number of carbonyl (C=O) groups is 1. The summed E-state index contributed by atoms with van der Waals surface area (Å²) in [5.41, 5.74) is 4.48. The monoisotopic (exact) mass is 185 g/mol. The Bertz CT molecular complexity index is 331. The maximum atomic E-state index is 12.9. The van der Waals surface area contributed by atoms with Crippen molar-refractivity contribution < 1.29 is 13.6 Å². The van der Waals surface area contributed by atoms with Gasteiger partial charge in [0, 0.05) is 18.1 Å². The van der Waals surface area contributed by atoms with Crippen molar-refractivity contribution >= 4 is 5.91 Å². The van der Waals surface area contributed by atoms with E-state index in [2.05, 4.69) is 0 Å². The van der Waals surface area contributed by atoms with Gasteiger partial charge < -0.3 is 5.73 Å². The Hall–Kier alpha value is -1.45. The molecule has 0 saturated heterocycles. The third-order valence-corrected chi connectivity index (χ3v) is 1.67. The van der Waals surface area contributed by atoms with Crippen molar-refractivity contribution in [1.29, 1.82) is 0 Å². The molecule has 0 heterocycles. The van der Waals surface area contributed by atoms with E-state index < -0.39 is 11.8 Å². The minimum Gasteiger partial charge on any atom is -0.366 e. The van der Waals surface area contributed by atoms with Gasteiger partial charge >= 0.3 is 0 Å². The molecule has 0 fully saturated rings. The molecule has 0 unspecified atom stereocenters. The average Bonchev–Trinajstić information content (AvgIpc) is 2.03. The van der Waals surface area contributed by atoms with Gasteiger partial charge in [0.2, 0.25) is 5.91 Å². The second kappa shape index (κ2) is 3.12. The average molecular weight is 185 g/mol. The fourth-order valence-electron chi connectivity index (χ4n) is 1.08. The molecule has 0 spiro atoms. The van der Waals surface area contributed by atoms with Crippen molar-refractivity contribution in [2.24, 2.45) is 5.73 Å². The molecule has 0 aliphatic carbocycles. The highest BCUT2D eigenvalue weighted by atomic mass is 19.3. The molecule has 0 radical (unpaired) electrons. The molecule has 0 aromatic heterocycles. The van der Waals surface area contributed by atoms with Crippen molar-refractivity contribution in [3.63, 3.8) is 0 Å². The Morgan fingerprint density at radius 3 is 2.31 bits per heavy atom. The SMILES string of the molecule is CC(F)(F)c1ccccc1C(N)=O. The molecule has 0 bridgehead atoms. The summed E-state index contributed by atoms with van der Waals surface area (Å²) in [6.07, 6.45) is 0. The van der Waals surface area contributed by atoms with Crippen molar-refractivity contribution in [3.05, 3.63) is 35.4 Å². The Kier molecular flexibility index (Phi) is 2.32. The largest absolute Gasteiger partial charge is 0.366 e. The van der Waals surface area contributed by atoms with Crippen LogP contribution >= 0.6 is 0 Å². The lowest BCUT2D eigenvalue weighted by Crippen LogP contribution is -2.19. The lowest BCUT2D eigenvalue weighted by atomic mass is 10.0. The van der Waals surface area contributed by atoms with Crippen LogP contribution < -0.4 is 5.73 Å². The predicted octanol–water partition coefficient (Wildman–Crippen LogP) is 1.90. The fraction of sp³-hybridized carbons (Fsp3) is 0.222. The number of rotatable bonds is 2. The Morgan fingerprint density at radius 2 is 1.92 bits per heavy atom. The van der Waals surface area contributed by atoms with Gasteiger partial charge in [-0.3, -0.25) is 4.79 Å². The van der Waals surface area contributed by atoms with Gasteiger partial charge in [0.25, 0.3) is 5.92 Å². The van der Waals surface area contributed by atoms with E-state index in [9.17, 15) is 13.6 Å². The van der Waals surface area contributed by atoms with Gasteiger partial charge in [-0.25, -0.2) is 8.78 Å². The van der Waals surface area contributed by atoms with Crippen LogP contribution in [0.1, 0.15) is 22.8 Å². The van der Waals surface area contributed by atoms with Crippen molar-refractivity contribution in [2.45, 2.75) is 12.8 Å². The molecule has 0 atom stereocenters. The second-order valence-electron chi connectivity index (χ2n) is 2.80. The van der Waals surface area contributed by atoms with Crippen LogP contribution in [-0.4, -0.2) is 5.91 Å². The molecule has 2 N–H and O–H groups in total. The molecule has 70 valence electrons. The molecule has 0 saturated carbocycles. The Morgan fingerprint density at radius 1 is 1.38 bits per heavy atom. The summed E-state index contributed by atoms with van der Waals surface area (Å²) in [7, 11) is 0. The number of carbonyl (C=O) groups excluding carboxylic acids is 1. The summed E-state index contributed by atoms with van der Waals surface area (Å²) in [5.74, 6) is -3.87. The molecule has 2 nitrogen and oxygen atoms in total. The second-order valence-corrected chi connectivity index (χ2v) is 2.80. The number of hydrogen-bond donors (Lipinski definition) is 1. The Balaban J connectivity index is 3.28. The first-order valence-corrected chi connectivity index (χ1v) is 3.70. The number of hydrogen-bond acceptors (Lipinski definition) is 1. The van der Waals surface area contributed by atoms with E-state index >= 15 is 0 Å². The Labute approximate surface area is 74.4 Å². The van der Waals surface area contributed by atoms with Crippen molar-refractivity contribution in [2.75, 3.05) is 0 Å². The summed E-state index contributed by atoms with van der Waals surface area (Å²) in [4.78, 5) is 10.8. The van der Waals surface area contributed by atoms with Crippen molar-refractivity contribution in [3.8, 4) is 0 Å². The van der Waals surface area contributed by atoms with E-state index in [1.807, 2.05) is 0 Å². The topological polar surface area (TPSA) is 43.1 Å². The molecule has 1 amide bonds. The summed E-state index contributed by atoms with van der Waals surface area (Å²) in [6, 6.07) is 5.42. The zero-order chi connectivity index (χ0) is 10.1. The summed E-state index contributed by atoms with van der Waals surface area (Å²) in [5, 5.41) is 0. The van der Waals surface area contributed by atoms with E-state index in [1.54, 1.807) is 0 Å². The van der Waals surface area contributed by atoms with Crippen LogP contribution in [0.5, 0.6) is 0 Å². The number of amides is 1. The van der Waals surface area contributed by atoms with Crippen LogP contribution in [0.15, 0.2) is 24.3 Å². The fourth-order valence-corrected chi connectivity index (χ4v) is 1.08. The first-order valence-electron chi connectivity index (χ1n) is 3.70. The van der Waals surface area contributed by atoms with Gasteiger partial charge in [0.1, 0.15) is 0 Å². The minimum absolute atomic E-state index is 0.130. The molecular weight excluding hydrogens is 176 g/mol. The van der Waals surface area contributed by atoms with Gasteiger partial charge in [-0.15, -0.1) is 0 Å². The number of benzene rings is 1. The van der Waals surface area contributed by atoms with E-state index in [0.717, 1.165) is 6.92 Å². The third-order valence-electron chi connectivity index (χ3n) is 1.67. The van der Waals surface area contributed by atoms with Gasteiger partial charge in [0.15, 0.2) is 0 Å².